The molecule has 1 unspecified atom stereocenters. The summed E-state index contributed by atoms with van der Waals surface area (Å²) in [6.45, 7) is -0.276. The van der Waals surface area contributed by atoms with Crippen molar-refractivity contribution < 1.29 is 35.1 Å². The maximum Gasteiger partial charge on any atom is 0.519 e. The minimum absolute atomic E-state index is 0.165. The van der Waals surface area contributed by atoms with Crippen LogP contribution in [0.15, 0.2) is 20.6 Å². The fourth-order valence-electron chi connectivity index (χ4n) is 1.12. The van der Waals surface area contributed by atoms with Crippen LogP contribution in [0.3, 0.4) is 0 Å². The highest BCUT2D eigenvalue weighted by Crippen LogP contribution is 2.25. The molecule has 0 N–H and O–H groups in total. The fraction of sp³-hybridized carbons (Fsp3) is 0.556. The van der Waals surface area contributed by atoms with E-state index in [0.717, 1.165) is 5.56 Å². The van der Waals surface area contributed by atoms with Gasteiger partial charge in [-0.25, -0.2) is 0 Å². The number of hydrogen-bond acceptors (Lipinski definition) is 6. The van der Waals surface area contributed by atoms with Gasteiger partial charge in [-0.2, -0.15) is 32.9 Å². The van der Waals surface area contributed by atoms with Crippen LogP contribution < -0.4 is 0 Å². The van der Waals surface area contributed by atoms with E-state index >= 15 is 0 Å². The van der Waals surface area contributed by atoms with Crippen LogP contribution >= 0.6 is 11.3 Å². The highest BCUT2D eigenvalue weighted by molar-refractivity contribution is 8.01. The van der Waals surface area contributed by atoms with Crippen LogP contribution in [0.1, 0.15) is 5.56 Å². The molecule has 0 aromatic carbocycles. The van der Waals surface area contributed by atoms with Gasteiger partial charge in [-0.15, -0.1) is 3.77 Å². The van der Waals surface area contributed by atoms with E-state index in [0.29, 0.717) is 6.42 Å². The van der Waals surface area contributed by atoms with Crippen molar-refractivity contribution in [3.05, 3.63) is 22.4 Å². The van der Waals surface area contributed by atoms with Gasteiger partial charge in [-0.3, -0.25) is 4.21 Å². The summed E-state index contributed by atoms with van der Waals surface area (Å²) in [7, 11) is -10.8. The largest absolute Gasteiger partial charge is 0.763 e. The van der Waals surface area contributed by atoms with Crippen molar-refractivity contribution in [2.75, 3.05) is 19.0 Å². The Hall–Kier alpha value is -0.690. The van der Waals surface area contributed by atoms with Crippen molar-refractivity contribution in [1.29, 1.82) is 0 Å². The zero-order chi connectivity index (χ0) is 16.1. The molecule has 0 amide bonds. The molecule has 0 bridgehead atoms. The lowest BCUT2D eigenvalue weighted by Gasteiger charge is -2.14. The molecule has 0 radical (unpaired) electrons. The van der Waals surface area contributed by atoms with Crippen LogP contribution in [0.2, 0.25) is 0 Å². The van der Waals surface area contributed by atoms with E-state index in [4.69, 9.17) is 4.74 Å². The summed E-state index contributed by atoms with van der Waals surface area (Å²) in [5, 5.41) is 3.71. The Morgan fingerprint density at radius 1 is 1.29 bits per heavy atom. The Bertz CT molecular complexity index is 659. The molecule has 1 rings (SSSR count). The molecule has 0 spiro atoms. The smallest absolute Gasteiger partial charge is 0.519 e. The minimum Gasteiger partial charge on any atom is -0.763 e. The number of sulfonamides is 1. The second-order valence-electron chi connectivity index (χ2n) is 3.78. The molecule has 1 aromatic rings. The Balaban J connectivity index is 2.48. The predicted octanol–water partition coefficient (Wildman–Crippen LogP) is 1.76. The zero-order valence-electron chi connectivity index (χ0n) is 10.4. The molecule has 0 aliphatic heterocycles. The molecule has 0 fully saturated rings. The minimum atomic E-state index is -6.05. The average Bonchev–Trinajstić information content (AvgIpc) is 2.78. The molecule has 12 heteroatoms. The summed E-state index contributed by atoms with van der Waals surface area (Å²) in [6.07, 6.45) is 0.515. The summed E-state index contributed by atoms with van der Waals surface area (Å²) >= 11 is 1.48. The van der Waals surface area contributed by atoms with Gasteiger partial charge in [0.2, 0.25) is 0 Å². The van der Waals surface area contributed by atoms with Gasteiger partial charge < -0.3 is 9.29 Å². The van der Waals surface area contributed by atoms with Crippen LogP contribution in [0.4, 0.5) is 13.2 Å². The number of rotatable bonds is 7. The van der Waals surface area contributed by atoms with Gasteiger partial charge in [-0.1, -0.05) is 0 Å². The lowest BCUT2D eigenvalue weighted by Crippen LogP contribution is -2.23. The zero-order valence-corrected chi connectivity index (χ0v) is 12.9. The van der Waals surface area contributed by atoms with Crippen LogP contribution in [-0.2, 0) is 31.2 Å². The van der Waals surface area contributed by atoms with E-state index in [9.17, 15) is 30.4 Å². The molecule has 21 heavy (non-hydrogen) atoms. The standard InChI is InChI=1S/C9H12F3NO5S3/c10-9(11,12)21(16,17)13-20(14,15)6-4-18-3-1-8-2-5-19-7-8/h2,5,7H,1,3-4,6H2,(H,13,14,15)/p-1. The predicted molar refractivity (Wildman–Crippen MR) is 70.0 cm³/mol. The summed E-state index contributed by atoms with van der Waals surface area (Å²) in [6, 6.07) is 1.84. The van der Waals surface area contributed by atoms with Crippen molar-refractivity contribution in [2.24, 2.45) is 3.77 Å². The first kappa shape index (κ1) is 18.4. The van der Waals surface area contributed by atoms with Gasteiger partial charge in [0.1, 0.15) is 0 Å². The summed E-state index contributed by atoms with van der Waals surface area (Å²) < 4.78 is 86.3. The van der Waals surface area contributed by atoms with Crippen LogP contribution in [-0.4, -0.2) is 41.7 Å². The summed E-state index contributed by atoms with van der Waals surface area (Å²) in [5.41, 5.74) is -4.76. The molecule has 0 aliphatic carbocycles. The van der Waals surface area contributed by atoms with Gasteiger partial charge in [0.05, 0.1) is 13.2 Å². The molecule has 0 saturated heterocycles. The summed E-state index contributed by atoms with van der Waals surface area (Å²) in [4.78, 5) is 0. The van der Waals surface area contributed by atoms with E-state index in [2.05, 4.69) is 0 Å². The Morgan fingerprint density at radius 2 is 1.95 bits per heavy atom. The Labute approximate surface area is 124 Å². The molecular weight excluding hydrogens is 355 g/mol. The highest BCUT2D eigenvalue weighted by Gasteiger charge is 2.46. The van der Waals surface area contributed by atoms with Crippen molar-refractivity contribution in [3.8, 4) is 0 Å². The second-order valence-corrected chi connectivity index (χ2v) is 8.14. The van der Waals surface area contributed by atoms with Crippen LogP contribution in [0.5, 0.6) is 0 Å². The lowest BCUT2D eigenvalue weighted by molar-refractivity contribution is -0.0435. The van der Waals surface area contributed by atoms with E-state index in [-0.39, 0.29) is 6.61 Å². The van der Waals surface area contributed by atoms with Crippen LogP contribution in [0, 0.1) is 0 Å². The third kappa shape index (κ3) is 6.30. The monoisotopic (exact) mass is 366 g/mol. The number of thiophene rings is 1. The van der Waals surface area contributed by atoms with Gasteiger partial charge in [0.15, 0.2) is 0 Å². The average molecular weight is 366 g/mol. The van der Waals surface area contributed by atoms with E-state index in [1.165, 1.54) is 11.3 Å². The summed E-state index contributed by atoms with van der Waals surface area (Å²) in [5.74, 6) is -0.939. The van der Waals surface area contributed by atoms with E-state index in [1.54, 1.807) is 0 Å². The Morgan fingerprint density at radius 3 is 2.48 bits per heavy atom. The molecular formula is C9H11F3NO5S3-. The highest BCUT2D eigenvalue weighted by atomic mass is 32.3. The Kier molecular flexibility index (Phi) is 6.16. The van der Waals surface area contributed by atoms with Crippen LogP contribution in [0.25, 0.3) is 0 Å². The lowest BCUT2D eigenvalue weighted by atomic mass is 10.3. The maximum absolute atomic E-state index is 12.0. The topological polar surface area (TPSA) is 95.9 Å². The van der Waals surface area contributed by atoms with E-state index < -0.39 is 37.9 Å². The molecule has 1 heterocycles. The normalized spacial score (nSPS) is 15.6. The first-order chi connectivity index (χ1) is 9.54. The van der Waals surface area contributed by atoms with Gasteiger partial charge in [-0.05, 0) is 28.8 Å². The third-order valence-electron chi connectivity index (χ3n) is 2.10. The quantitative estimate of drug-likeness (QED) is 0.685. The second kappa shape index (κ2) is 7.05. The number of alkyl halides is 3. The molecule has 1 aromatic heterocycles. The van der Waals surface area contributed by atoms with Crippen molar-refractivity contribution in [3.63, 3.8) is 0 Å². The first-order valence-electron chi connectivity index (χ1n) is 5.40. The van der Waals surface area contributed by atoms with Crippen molar-refractivity contribution >= 4 is 31.4 Å². The maximum atomic E-state index is 12.0. The molecule has 6 nitrogen and oxygen atoms in total. The van der Waals surface area contributed by atoms with Gasteiger partial charge in [0, 0.05) is 15.8 Å². The van der Waals surface area contributed by atoms with E-state index in [1.807, 2.05) is 20.6 Å². The number of nitrogens with zero attached hydrogens (tertiary/aromatic N) is 1. The van der Waals surface area contributed by atoms with Crippen molar-refractivity contribution in [2.45, 2.75) is 11.9 Å². The molecule has 0 aliphatic rings. The molecule has 0 saturated carbocycles. The number of halogens is 3. The number of hydrogen-bond donors (Lipinski definition) is 0. The molecule has 122 valence electrons. The molecule has 1 atom stereocenters. The first-order valence-corrected chi connectivity index (χ1v) is 9.40. The number of ether oxygens (including phenoxy) is 1. The fourth-order valence-corrected chi connectivity index (χ4v) is 3.98. The van der Waals surface area contributed by atoms with Crippen molar-refractivity contribution in [1.82, 2.24) is 0 Å². The van der Waals surface area contributed by atoms with Gasteiger partial charge in [0.25, 0.3) is 0 Å². The SMILES string of the molecule is O=S(=O)(N=S(=O)([O-])CCOCCc1ccsc1)C(F)(F)F. The van der Waals surface area contributed by atoms with Gasteiger partial charge >= 0.3 is 15.5 Å². The third-order valence-corrected chi connectivity index (χ3v) is 5.80.